The van der Waals surface area contributed by atoms with E-state index in [-0.39, 0.29) is 17.3 Å². The van der Waals surface area contributed by atoms with E-state index in [9.17, 15) is 22.4 Å². The highest BCUT2D eigenvalue weighted by Gasteiger charge is 2.33. The Balaban J connectivity index is 1.44. The SMILES string of the molecule is CN(C(=O)COC(=O)c1c2c(nc3ccccc13)/C(=C/c1ccc(F)cc1)CCC2)C1CCS(=O)(=O)C1. The molecule has 2 heterocycles. The summed E-state index contributed by atoms with van der Waals surface area (Å²) in [5.41, 5.74) is 4.30. The molecule has 0 bridgehead atoms. The summed E-state index contributed by atoms with van der Waals surface area (Å²) in [5, 5.41) is 0.650. The molecule has 1 aliphatic carbocycles. The summed E-state index contributed by atoms with van der Waals surface area (Å²) in [6, 6.07) is 13.1. The molecular formula is C28H27FN2O5S. The number of carbonyl (C=O) groups is 2. The number of hydrogen-bond donors (Lipinski definition) is 0. The third-order valence-corrected chi connectivity index (χ3v) is 8.81. The van der Waals surface area contributed by atoms with Crippen LogP contribution in [0.25, 0.3) is 22.6 Å². The van der Waals surface area contributed by atoms with Gasteiger partial charge in [0.2, 0.25) is 0 Å². The van der Waals surface area contributed by atoms with Gasteiger partial charge >= 0.3 is 5.97 Å². The van der Waals surface area contributed by atoms with E-state index in [2.05, 4.69) is 0 Å². The van der Waals surface area contributed by atoms with Crippen molar-refractivity contribution in [2.24, 2.45) is 0 Å². The van der Waals surface area contributed by atoms with Crippen LogP contribution < -0.4 is 0 Å². The molecule has 0 saturated carbocycles. The monoisotopic (exact) mass is 522 g/mol. The minimum atomic E-state index is -3.15. The van der Waals surface area contributed by atoms with Crippen molar-refractivity contribution in [1.29, 1.82) is 0 Å². The van der Waals surface area contributed by atoms with Crippen molar-refractivity contribution < 1.29 is 27.1 Å². The number of esters is 1. The van der Waals surface area contributed by atoms with Crippen LogP contribution in [0.5, 0.6) is 0 Å². The Hall–Kier alpha value is -3.59. The van der Waals surface area contributed by atoms with E-state index < -0.39 is 34.4 Å². The summed E-state index contributed by atoms with van der Waals surface area (Å²) in [6.45, 7) is -0.477. The van der Waals surface area contributed by atoms with Crippen LogP contribution in [0.1, 0.15) is 46.4 Å². The zero-order valence-corrected chi connectivity index (χ0v) is 21.3. The number of carbonyl (C=O) groups excluding carboxylic acids is 2. The molecule has 1 unspecified atom stereocenters. The summed E-state index contributed by atoms with van der Waals surface area (Å²) in [4.78, 5) is 32.3. The average Bonchev–Trinajstić information content (AvgIpc) is 3.26. The van der Waals surface area contributed by atoms with Crippen LogP contribution in [0.2, 0.25) is 0 Å². The summed E-state index contributed by atoms with van der Waals surface area (Å²) in [7, 11) is -1.61. The number of hydrogen-bond acceptors (Lipinski definition) is 6. The molecule has 0 radical (unpaired) electrons. The van der Waals surface area contributed by atoms with E-state index in [1.54, 1.807) is 12.1 Å². The minimum Gasteiger partial charge on any atom is -0.452 e. The molecule has 1 amide bonds. The minimum absolute atomic E-state index is 0.0536. The van der Waals surface area contributed by atoms with Gasteiger partial charge in [0.15, 0.2) is 16.4 Å². The fourth-order valence-corrected chi connectivity index (χ4v) is 6.83. The number of ether oxygens (including phenoxy) is 1. The highest BCUT2D eigenvalue weighted by Crippen LogP contribution is 2.36. The lowest BCUT2D eigenvalue weighted by atomic mass is 9.86. The van der Waals surface area contributed by atoms with Gasteiger partial charge in [0.25, 0.3) is 5.91 Å². The molecule has 1 fully saturated rings. The molecule has 5 rings (SSSR count). The molecule has 2 aromatic carbocycles. The van der Waals surface area contributed by atoms with E-state index in [0.717, 1.165) is 29.5 Å². The maximum atomic E-state index is 13.4. The Bertz CT molecular complexity index is 1520. The van der Waals surface area contributed by atoms with Crippen molar-refractivity contribution in [3.63, 3.8) is 0 Å². The van der Waals surface area contributed by atoms with Crippen LogP contribution in [0.15, 0.2) is 48.5 Å². The van der Waals surface area contributed by atoms with E-state index in [1.807, 2.05) is 30.3 Å². The molecule has 2 aliphatic rings. The van der Waals surface area contributed by atoms with Crippen LogP contribution in [0.3, 0.4) is 0 Å². The first-order valence-corrected chi connectivity index (χ1v) is 14.1. The standard InChI is InChI=1S/C28H27FN2O5S/c1-31(21-13-14-37(34,35)17-21)25(32)16-36-28(33)26-22-6-2-3-8-24(22)30-27-19(5-4-7-23(26)27)15-18-9-11-20(29)12-10-18/h2-3,6,8-12,15,21H,4-5,7,13-14,16-17H2,1H3/b19-15+. The number of halogens is 1. The summed E-state index contributed by atoms with van der Waals surface area (Å²) < 4.78 is 42.5. The summed E-state index contributed by atoms with van der Waals surface area (Å²) in [5.74, 6) is -1.39. The number of likely N-dealkylation sites (N-methyl/N-ethyl adjacent to an activating group) is 1. The van der Waals surface area contributed by atoms with Crippen LogP contribution >= 0.6 is 0 Å². The van der Waals surface area contributed by atoms with Crippen molar-refractivity contribution in [3.05, 3.63) is 76.7 Å². The number of fused-ring (bicyclic) bond motifs is 2. The maximum absolute atomic E-state index is 13.4. The topological polar surface area (TPSA) is 93.6 Å². The van der Waals surface area contributed by atoms with Crippen molar-refractivity contribution in [2.45, 2.75) is 31.7 Å². The fourth-order valence-electron chi connectivity index (χ4n) is 5.05. The number of amides is 1. The molecule has 1 atom stereocenters. The Morgan fingerprint density at radius 1 is 1.14 bits per heavy atom. The van der Waals surface area contributed by atoms with Gasteiger partial charge in [-0.25, -0.2) is 22.6 Å². The van der Waals surface area contributed by atoms with Crippen molar-refractivity contribution in [2.75, 3.05) is 25.2 Å². The Morgan fingerprint density at radius 3 is 2.62 bits per heavy atom. The first kappa shape index (κ1) is 25.1. The second-order valence-corrected chi connectivity index (χ2v) is 11.8. The van der Waals surface area contributed by atoms with E-state index in [0.29, 0.717) is 35.0 Å². The van der Waals surface area contributed by atoms with E-state index in [4.69, 9.17) is 9.72 Å². The number of nitrogens with zero attached hydrogens (tertiary/aromatic N) is 2. The number of aromatic nitrogens is 1. The molecular weight excluding hydrogens is 495 g/mol. The van der Waals surface area contributed by atoms with E-state index in [1.165, 1.54) is 24.1 Å². The quantitative estimate of drug-likeness (QED) is 0.470. The number of benzene rings is 2. The first-order valence-electron chi connectivity index (χ1n) is 12.2. The Labute approximate surface area is 214 Å². The van der Waals surface area contributed by atoms with Gasteiger partial charge in [-0.2, -0.15) is 0 Å². The first-order chi connectivity index (χ1) is 17.7. The smallest absolute Gasteiger partial charge is 0.339 e. The zero-order valence-electron chi connectivity index (χ0n) is 20.4. The molecule has 0 N–H and O–H groups in total. The Morgan fingerprint density at radius 2 is 1.89 bits per heavy atom. The highest BCUT2D eigenvalue weighted by molar-refractivity contribution is 7.91. The highest BCUT2D eigenvalue weighted by atomic mass is 32.2. The lowest BCUT2D eigenvalue weighted by molar-refractivity contribution is -0.134. The normalized spacial score (nSPS) is 19.5. The molecule has 0 spiro atoms. The molecule has 1 aromatic heterocycles. The third kappa shape index (κ3) is 5.27. The number of pyridine rings is 1. The van der Waals surface area contributed by atoms with Gasteiger partial charge in [-0.05, 0) is 66.7 Å². The second-order valence-electron chi connectivity index (χ2n) is 9.54. The lowest BCUT2D eigenvalue weighted by Crippen LogP contribution is -2.40. The predicted molar refractivity (Wildman–Crippen MR) is 139 cm³/mol. The van der Waals surface area contributed by atoms with Crippen LogP contribution in [0.4, 0.5) is 4.39 Å². The second kappa shape index (κ2) is 10.0. The van der Waals surface area contributed by atoms with Gasteiger partial charge in [-0.15, -0.1) is 0 Å². The molecule has 37 heavy (non-hydrogen) atoms. The van der Waals surface area contributed by atoms with Crippen molar-refractivity contribution >= 4 is 44.3 Å². The third-order valence-electron chi connectivity index (χ3n) is 7.06. The molecule has 1 saturated heterocycles. The molecule has 9 heteroatoms. The number of rotatable bonds is 5. The molecule has 7 nitrogen and oxygen atoms in total. The predicted octanol–water partition coefficient (Wildman–Crippen LogP) is 4.05. The van der Waals surface area contributed by atoms with Gasteiger partial charge in [-0.3, -0.25) is 4.79 Å². The molecule has 3 aromatic rings. The van der Waals surface area contributed by atoms with Crippen LogP contribution in [-0.2, 0) is 25.8 Å². The van der Waals surface area contributed by atoms with Gasteiger partial charge in [0.1, 0.15) is 5.82 Å². The Kier molecular flexibility index (Phi) is 6.81. The van der Waals surface area contributed by atoms with Gasteiger partial charge in [-0.1, -0.05) is 30.3 Å². The molecule has 1 aliphatic heterocycles. The maximum Gasteiger partial charge on any atom is 0.339 e. The zero-order chi connectivity index (χ0) is 26.2. The summed E-state index contributed by atoms with van der Waals surface area (Å²) in [6.07, 6.45) is 4.54. The number of sulfone groups is 1. The molecule has 192 valence electrons. The number of para-hydroxylation sites is 1. The van der Waals surface area contributed by atoms with Gasteiger partial charge < -0.3 is 9.64 Å². The van der Waals surface area contributed by atoms with Crippen LogP contribution in [0, 0.1) is 5.82 Å². The lowest BCUT2D eigenvalue weighted by Gasteiger charge is -2.24. The number of allylic oxidation sites excluding steroid dienone is 1. The van der Waals surface area contributed by atoms with Gasteiger partial charge in [0.05, 0.1) is 28.3 Å². The summed E-state index contributed by atoms with van der Waals surface area (Å²) >= 11 is 0. The van der Waals surface area contributed by atoms with Crippen LogP contribution in [-0.4, -0.2) is 61.4 Å². The average molecular weight is 523 g/mol. The fraction of sp³-hybridized carbons (Fsp3) is 0.321. The van der Waals surface area contributed by atoms with Crippen molar-refractivity contribution in [3.8, 4) is 0 Å². The van der Waals surface area contributed by atoms with E-state index >= 15 is 0 Å². The van der Waals surface area contributed by atoms with Gasteiger partial charge in [0, 0.05) is 18.5 Å². The van der Waals surface area contributed by atoms with Crippen molar-refractivity contribution in [1.82, 2.24) is 9.88 Å². The largest absolute Gasteiger partial charge is 0.452 e.